The molecule has 1 unspecified atom stereocenters. The summed E-state index contributed by atoms with van der Waals surface area (Å²) in [5.74, 6) is -0.0540. The van der Waals surface area contributed by atoms with Crippen molar-refractivity contribution >= 4 is 34.1 Å². The van der Waals surface area contributed by atoms with Gasteiger partial charge >= 0.3 is 0 Å². The molecule has 1 aromatic carbocycles. The van der Waals surface area contributed by atoms with Crippen molar-refractivity contribution in [3.63, 3.8) is 0 Å². The number of nitrogens with zero attached hydrogens (tertiary/aromatic N) is 3. The second-order valence-electron chi connectivity index (χ2n) is 5.41. The quantitative estimate of drug-likeness (QED) is 0.514. The zero-order chi connectivity index (χ0) is 17.6. The average Bonchev–Trinajstić information content (AvgIpc) is 3.05. The molecule has 0 spiro atoms. The van der Waals surface area contributed by atoms with E-state index < -0.39 is 0 Å². The van der Waals surface area contributed by atoms with Crippen molar-refractivity contribution in [1.29, 1.82) is 0 Å². The first-order chi connectivity index (χ1) is 12.2. The lowest BCUT2D eigenvalue weighted by Gasteiger charge is -2.13. The van der Waals surface area contributed by atoms with Gasteiger partial charge in [0.25, 0.3) is 0 Å². The zero-order valence-corrected chi connectivity index (χ0v) is 15.6. The highest BCUT2D eigenvalue weighted by Crippen LogP contribution is 2.28. The number of aryl methyl sites for hydroxylation is 1. The Labute approximate surface area is 155 Å². The summed E-state index contributed by atoms with van der Waals surface area (Å²) in [4.78, 5) is 25.4. The minimum absolute atomic E-state index is 0.0540. The van der Waals surface area contributed by atoms with Gasteiger partial charge in [-0.25, -0.2) is 15.0 Å². The monoisotopic (exact) mass is 370 g/mol. The Kier molecular flexibility index (Phi) is 5.78. The molecule has 128 valence electrons. The maximum atomic E-state index is 12.5. The molecule has 0 aliphatic rings. The highest BCUT2D eigenvalue weighted by atomic mass is 32.2. The molecule has 0 saturated carbocycles. The Morgan fingerprint density at radius 1 is 1.28 bits per heavy atom. The summed E-state index contributed by atoms with van der Waals surface area (Å²) in [6.07, 6.45) is 2.24. The third-order valence-electron chi connectivity index (χ3n) is 3.49. The number of amides is 1. The van der Waals surface area contributed by atoms with Gasteiger partial charge < -0.3 is 5.32 Å². The minimum atomic E-state index is -0.234. The van der Waals surface area contributed by atoms with Gasteiger partial charge in [-0.15, -0.1) is 11.3 Å². The van der Waals surface area contributed by atoms with Crippen molar-refractivity contribution in [2.45, 2.75) is 30.5 Å². The topological polar surface area (TPSA) is 67.8 Å². The van der Waals surface area contributed by atoms with Crippen LogP contribution in [0.5, 0.6) is 0 Å². The van der Waals surface area contributed by atoms with Gasteiger partial charge in [0, 0.05) is 10.9 Å². The van der Waals surface area contributed by atoms with Crippen LogP contribution >= 0.6 is 23.1 Å². The first-order valence-corrected chi connectivity index (χ1v) is 9.68. The lowest BCUT2D eigenvalue weighted by atomic mass is 10.1. The number of aromatic nitrogens is 3. The van der Waals surface area contributed by atoms with Crippen LogP contribution in [-0.2, 0) is 4.79 Å². The molecular formula is C18H18N4OS2. The number of thiazole rings is 1. The standard InChI is InChI=1S/C18H18N4OS2/c1-3-15(17(23)22-18-21-12(2)10-24-18)25-16-9-14(19-11-20-16)13-7-5-4-6-8-13/h4-11,15H,3H2,1-2H3,(H,21,22,23). The second kappa shape index (κ2) is 8.22. The molecule has 1 atom stereocenters. The van der Waals surface area contributed by atoms with E-state index in [9.17, 15) is 4.79 Å². The predicted molar refractivity (Wildman–Crippen MR) is 103 cm³/mol. The van der Waals surface area contributed by atoms with Crippen molar-refractivity contribution in [3.05, 3.63) is 53.8 Å². The van der Waals surface area contributed by atoms with E-state index in [4.69, 9.17) is 0 Å². The largest absolute Gasteiger partial charge is 0.301 e. The van der Waals surface area contributed by atoms with E-state index in [0.717, 1.165) is 22.0 Å². The second-order valence-corrected chi connectivity index (χ2v) is 7.49. The Morgan fingerprint density at radius 2 is 2.08 bits per heavy atom. The SMILES string of the molecule is CCC(Sc1cc(-c2ccccc2)ncn1)C(=O)Nc1nc(C)cs1. The van der Waals surface area contributed by atoms with E-state index in [2.05, 4.69) is 20.3 Å². The molecule has 0 saturated heterocycles. The van der Waals surface area contributed by atoms with E-state index in [1.807, 2.05) is 55.6 Å². The number of rotatable bonds is 6. The van der Waals surface area contributed by atoms with Gasteiger partial charge in [-0.05, 0) is 19.4 Å². The molecule has 0 aliphatic carbocycles. The van der Waals surface area contributed by atoms with Crippen LogP contribution in [0, 0.1) is 6.92 Å². The number of carbonyl (C=O) groups is 1. The Morgan fingerprint density at radius 3 is 2.76 bits per heavy atom. The molecule has 0 fully saturated rings. The van der Waals surface area contributed by atoms with Gasteiger partial charge in [-0.3, -0.25) is 4.79 Å². The first-order valence-electron chi connectivity index (χ1n) is 7.93. The van der Waals surface area contributed by atoms with Crippen molar-refractivity contribution in [2.24, 2.45) is 0 Å². The summed E-state index contributed by atoms with van der Waals surface area (Å²) in [6, 6.07) is 11.9. The fourth-order valence-electron chi connectivity index (χ4n) is 2.24. The van der Waals surface area contributed by atoms with E-state index in [1.54, 1.807) is 6.33 Å². The van der Waals surface area contributed by atoms with Crippen molar-refractivity contribution in [1.82, 2.24) is 15.0 Å². The van der Waals surface area contributed by atoms with Crippen LogP contribution in [0.4, 0.5) is 5.13 Å². The van der Waals surface area contributed by atoms with E-state index in [1.165, 1.54) is 23.1 Å². The highest BCUT2D eigenvalue weighted by Gasteiger charge is 2.20. The molecule has 5 nitrogen and oxygen atoms in total. The molecule has 0 aliphatic heterocycles. The summed E-state index contributed by atoms with van der Waals surface area (Å²) in [6.45, 7) is 3.90. The fourth-order valence-corrected chi connectivity index (χ4v) is 3.84. The molecule has 2 heterocycles. The molecule has 0 bridgehead atoms. The van der Waals surface area contributed by atoms with Gasteiger partial charge in [0.2, 0.25) is 5.91 Å². The number of benzene rings is 1. The van der Waals surface area contributed by atoms with E-state index in [-0.39, 0.29) is 11.2 Å². The summed E-state index contributed by atoms with van der Waals surface area (Å²) in [5.41, 5.74) is 2.79. The van der Waals surface area contributed by atoms with Crippen LogP contribution in [0.3, 0.4) is 0 Å². The fraction of sp³-hybridized carbons (Fsp3) is 0.222. The smallest absolute Gasteiger partial charge is 0.239 e. The number of carbonyl (C=O) groups excluding carboxylic acids is 1. The predicted octanol–water partition coefficient (Wildman–Crippen LogP) is 4.42. The van der Waals surface area contributed by atoms with Crippen LogP contribution in [0.2, 0.25) is 0 Å². The number of hydrogen-bond acceptors (Lipinski definition) is 6. The van der Waals surface area contributed by atoms with Crippen LogP contribution in [0.25, 0.3) is 11.3 Å². The normalized spacial score (nSPS) is 11.9. The van der Waals surface area contributed by atoms with Crippen LogP contribution in [0.1, 0.15) is 19.0 Å². The van der Waals surface area contributed by atoms with E-state index >= 15 is 0 Å². The molecule has 25 heavy (non-hydrogen) atoms. The Hall–Kier alpha value is -2.25. The Bertz CT molecular complexity index is 851. The zero-order valence-electron chi connectivity index (χ0n) is 14.0. The summed E-state index contributed by atoms with van der Waals surface area (Å²) >= 11 is 2.88. The van der Waals surface area contributed by atoms with Crippen LogP contribution < -0.4 is 5.32 Å². The van der Waals surface area contributed by atoms with Crippen molar-refractivity contribution in [2.75, 3.05) is 5.32 Å². The summed E-state index contributed by atoms with van der Waals surface area (Å²) in [5, 5.41) is 5.98. The molecule has 3 aromatic rings. The minimum Gasteiger partial charge on any atom is -0.301 e. The van der Waals surface area contributed by atoms with Gasteiger partial charge in [-0.1, -0.05) is 49.0 Å². The summed E-state index contributed by atoms with van der Waals surface area (Å²) < 4.78 is 0. The van der Waals surface area contributed by atoms with Crippen molar-refractivity contribution in [3.8, 4) is 11.3 Å². The highest BCUT2D eigenvalue weighted by molar-refractivity contribution is 8.00. The lowest BCUT2D eigenvalue weighted by molar-refractivity contribution is -0.115. The van der Waals surface area contributed by atoms with Gasteiger partial charge in [0.05, 0.1) is 16.6 Å². The summed E-state index contributed by atoms with van der Waals surface area (Å²) in [7, 11) is 0. The molecule has 2 aromatic heterocycles. The van der Waals surface area contributed by atoms with Gasteiger partial charge in [0.1, 0.15) is 11.4 Å². The lowest BCUT2D eigenvalue weighted by Crippen LogP contribution is -2.24. The molecule has 1 amide bonds. The van der Waals surface area contributed by atoms with Gasteiger partial charge in [0.15, 0.2) is 5.13 Å². The molecule has 0 radical (unpaired) electrons. The molecular weight excluding hydrogens is 352 g/mol. The van der Waals surface area contributed by atoms with E-state index in [0.29, 0.717) is 11.6 Å². The molecule has 3 rings (SSSR count). The third-order valence-corrected chi connectivity index (χ3v) is 5.66. The van der Waals surface area contributed by atoms with Crippen LogP contribution in [-0.4, -0.2) is 26.1 Å². The Balaban J connectivity index is 1.72. The van der Waals surface area contributed by atoms with Crippen molar-refractivity contribution < 1.29 is 4.79 Å². The number of nitrogens with one attached hydrogen (secondary N) is 1. The number of anilines is 1. The maximum Gasteiger partial charge on any atom is 0.239 e. The maximum absolute atomic E-state index is 12.5. The molecule has 1 N–H and O–H groups in total. The third kappa shape index (κ3) is 4.64. The average molecular weight is 371 g/mol. The number of thioether (sulfide) groups is 1. The van der Waals surface area contributed by atoms with Crippen LogP contribution in [0.15, 0.2) is 53.1 Å². The van der Waals surface area contributed by atoms with Gasteiger partial charge in [-0.2, -0.15) is 0 Å². The first kappa shape index (κ1) is 17.6. The number of hydrogen-bond donors (Lipinski definition) is 1. The molecule has 7 heteroatoms.